The SMILES string of the molecule is CCCOc1ccc(C2c3c(oc4ccc(F)cc4c3=O)C(=O)N2c2ccc(C(=O)OCC)cc2)cc1OCC. The van der Waals surface area contributed by atoms with Gasteiger partial charge in [-0.05, 0) is 80.4 Å². The van der Waals surface area contributed by atoms with Crippen molar-refractivity contribution in [2.75, 3.05) is 24.7 Å². The lowest BCUT2D eigenvalue weighted by molar-refractivity contribution is 0.0526. The minimum Gasteiger partial charge on any atom is -0.490 e. The van der Waals surface area contributed by atoms with Crippen molar-refractivity contribution in [2.45, 2.75) is 33.2 Å². The molecular formula is C31H28FNO7. The molecule has 0 radical (unpaired) electrons. The van der Waals surface area contributed by atoms with Gasteiger partial charge in [-0.2, -0.15) is 0 Å². The lowest BCUT2D eigenvalue weighted by atomic mass is 9.97. The molecule has 206 valence electrons. The van der Waals surface area contributed by atoms with Gasteiger partial charge in [-0.15, -0.1) is 0 Å². The van der Waals surface area contributed by atoms with Gasteiger partial charge in [-0.25, -0.2) is 9.18 Å². The molecule has 0 saturated heterocycles. The van der Waals surface area contributed by atoms with Gasteiger partial charge in [0.25, 0.3) is 5.91 Å². The van der Waals surface area contributed by atoms with Crippen LogP contribution in [0.5, 0.6) is 11.5 Å². The highest BCUT2D eigenvalue weighted by Gasteiger charge is 2.44. The van der Waals surface area contributed by atoms with Gasteiger partial charge in [-0.1, -0.05) is 13.0 Å². The molecule has 0 aliphatic carbocycles. The van der Waals surface area contributed by atoms with Crippen molar-refractivity contribution in [1.29, 1.82) is 0 Å². The number of carbonyl (C=O) groups is 2. The van der Waals surface area contributed by atoms with Crippen molar-refractivity contribution >= 4 is 28.5 Å². The van der Waals surface area contributed by atoms with E-state index in [2.05, 4.69) is 0 Å². The third-order valence-corrected chi connectivity index (χ3v) is 6.53. The van der Waals surface area contributed by atoms with Crippen molar-refractivity contribution < 1.29 is 32.6 Å². The van der Waals surface area contributed by atoms with Crippen LogP contribution in [0.15, 0.2) is 69.9 Å². The van der Waals surface area contributed by atoms with E-state index in [1.165, 1.54) is 17.0 Å². The normalized spacial score (nSPS) is 14.3. The number of hydrogen-bond acceptors (Lipinski definition) is 7. The molecule has 1 atom stereocenters. The summed E-state index contributed by atoms with van der Waals surface area (Å²) in [6.45, 7) is 6.64. The van der Waals surface area contributed by atoms with Crippen LogP contribution in [0.1, 0.15) is 65.3 Å². The maximum absolute atomic E-state index is 14.1. The summed E-state index contributed by atoms with van der Waals surface area (Å²) in [6.07, 6.45) is 0.804. The van der Waals surface area contributed by atoms with Gasteiger partial charge in [0, 0.05) is 5.69 Å². The summed E-state index contributed by atoms with van der Waals surface area (Å²) in [6, 6.07) is 14.2. The minimum absolute atomic E-state index is 0.0315. The van der Waals surface area contributed by atoms with Crippen molar-refractivity contribution in [3.05, 3.63) is 99.2 Å². The molecule has 9 heteroatoms. The van der Waals surface area contributed by atoms with E-state index in [1.54, 1.807) is 49.4 Å². The van der Waals surface area contributed by atoms with Crippen LogP contribution in [-0.2, 0) is 4.74 Å². The first-order valence-electron chi connectivity index (χ1n) is 13.1. The van der Waals surface area contributed by atoms with Crippen molar-refractivity contribution in [3.63, 3.8) is 0 Å². The molecule has 5 rings (SSSR count). The molecule has 3 aromatic carbocycles. The number of amides is 1. The molecule has 4 aromatic rings. The third kappa shape index (κ3) is 4.79. The van der Waals surface area contributed by atoms with E-state index in [4.69, 9.17) is 18.6 Å². The monoisotopic (exact) mass is 545 g/mol. The van der Waals surface area contributed by atoms with Crippen LogP contribution in [0.3, 0.4) is 0 Å². The van der Waals surface area contributed by atoms with Crippen LogP contribution in [0, 0.1) is 5.82 Å². The van der Waals surface area contributed by atoms with E-state index in [9.17, 15) is 18.8 Å². The van der Waals surface area contributed by atoms with Crippen LogP contribution in [0.4, 0.5) is 10.1 Å². The molecule has 0 fully saturated rings. The Kier molecular flexibility index (Phi) is 7.55. The summed E-state index contributed by atoms with van der Waals surface area (Å²) in [5.41, 5.74) is 0.990. The molecule has 1 unspecified atom stereocenters. The van der Waals surface area contributed by atoms with Crippen LogP contribution in [0.2, 0.25) is 0 Å². The maximum Gasteiger partial charge on any atom is 0.338 e. The topological polar surface area (TPSA) is 95.3 Å². The lowest BCUT2D eigenvalue weighted by Gasteiger charge is -2.26. The summed E-state index contributed by atoms with van der Waals surface area (Å²) in [4.78, 5) is 41.3. The van der Waals surface area contributed by atoms with E-state index in [0.29, 0.717) is 41.5 Å². The molecule has 2 heterocycles. The Morgan fingerprint density at radius 3 is 2.40 bits per heavy atom. The molecule has 0 spiro atoms. The molecule has 0 N–H and O–H groups in total. The second-order valence-electron chi connectivity index (χ2n) is 9.15. The second-order valence-corrected chi connectivity index (χ2v) is 9.15. The standard InChI is InChI=1S/C31H28FNO7/c1-4-15-39-24-13-9-19(16-25(24)37-5-2)27-26-28(34)22-17-20(32)10-14-23(22)40-29(26)30(35)33(27)21-11-7-18(8-12-21)31(36)38-6-3/h7-14,16-17,27H,4-6,15H2,1-3H3. The number of benzene rings is 3. The molecule has 1 aliphatic heterocycles. The first-order valence-corrected chi connectivity index (χ1v) is 13.1. The maximum atomic E-state index is 14.1. The molecule has 0 bridgehead atoms. The van der Waals surface area contributed by atoms with Crippen molar-refractivity contribution in [2.24, 2.45) is 0 Å². The Labute approximate surface area is 229 Å². The Bertz CT molecular complexity index is 1640. The van der Waals surface area contributed by atoms with Gasteiger partial charge in [-0.3, -0.25) is 14.5 Å². The van der Waals surface area contributed by atoms with Gasteiger partial charge >= 0.3 is 5.97 Å². The predicted octanol–water partition coefficient (Wildman–Crippen LogP) is 6.05. The number of halogens is 1. The zero-order valence-electron chi connectivity index (χ0n) is 22.4. The van der Waals surface area contributed by atoms with Gasteiger partial charge in [0.1, 0.15) is 11.4 Å². The first-order chi connectivity index (χ1) is 19.4. The quantitative estimate of drug-likeness (QED) is 0.237. The predicted molar refractivity (Wildman–Crippen MR) is 147 cm³/mol. The van der Waals surface area contributed by atoms with Gasteiger partial charge in [0.2, 0.25) is 5.76 Å². The lowest BCUT2D eigenvalue weighted by Crippen LogP contribution is -2.29. The molecule has 1 aliphatic rings. The van der Waals surface area contributed by atoms with E-state index in [0.717, 1.165) is 12.5 Å². The summed E-state index contributed by atoms with van der Waals surface area (Å²) >= 11 is 0. The zero-order valence-corrected chi connectivity index (χ0v) is 22.4. The number of esters is 1. The highest BCUT2D eigenvalue weighted by atomic mass is 19.1. The van der Waals surface area contributed by atoms with Crippen LogP contribution >= 0.6 is 0 Å². The molecule has 1 amide bonds. The zero-order chi connectivity index (χ0) is 28.4. The van der Waals surface area contributed by atoms with Crippen LogP contribution in [0.25, 0.3) is 11.0 Å². The smallest absolute Gasteiger partial charge is 0.338 e. The number of hydrogen-bond donors (Lipinski definition) is 0. The van der Waals surface area contributed by atoms with Gasteiger partial charge < -0.3 is 18.6 Å². The van der Waals surface area contributed by atoms with Crippen molar-refractivity contribution in [1.82, 2.24) is 0 Å². The minimum atomic E-state index is -0.917. The molecular weight excluding hydrogens is 517 g/mol. The van der Waals surface area contributed by atoms with Crippen LogP contribution in [-0.4, -0.2) is 31.7 Å². The average molecular weight is 546 g/mol. The fourth-order valence-electron chi connectivity index (χ4n) is 4.79. The van der Waals surface area contributed by atoms with E-state index in [1.807, 2.05) is 13.8 Å². The molecule has 40 heavy (non-hydrogen) atoms. The summed E-state index contributed by atoms with van der Waals surface area (Å²) < 4.78 is 36.8. The first kappa shape index (κ1) is 26.9. The molecule has 0 saturated carbocycles. The fourth-order valence-corrected chi connectivity index (χ4v) is 4.79. The Morgan fingerprint density at radius 1 is 0.925 bits per heavy atom. The van der Waals surface area contributed by atoms with Gasteiger partial charge in [0.15, 0.2) is 16.9 Å². The number of rotatable bonds is 9. The number of anilines is 1. The average Bonchev–Trinajstić information content (AvgIpc) is 3.25. The number of fused-ring (bicyclic) bond motifs is 2. The fraction of sp³-hybridized carbons (Fsp3) is 0.258. The Balaban J connectivity index is 1.70. The van der Waals surface area contributed by atoms with Crippen molar-refractivity contribution in [3.8, 4) is 11.5 Å². The van der Waals surface area contributed by atoms with Gasteiger partial charge in [0.05, 0.1) is 42.4 Å². The van der Waals surface area contributed by atoms with E-state index >= 15 is 0 Å². The van der Waals surface area contributed by atoms with Crippen LogP contribution < -0.4 is 19.8 Å². The third-order valence-electron chi connectivity index (χ3n) is 6.53. The Morgan fingerprint density at radius 2 is 1.70 bits per heavy atom. The highest BCUT2D eigenvalue weighted by Crippen LogP contribution is 2.43. The number of carbonyl (C=O) groups excluding carboxylic acids is 2. The largest absolute Gasteiger partial charge is 0.490 e. The molecule has 8 nitrogen and oxygen atoms in total. The summed E-state index contributed by atoms with van der Waals surface area (Å²) in [7, 11) is 0. The summed E-state index contributed by atoms with van der Waals surface area (Å²) in [5, 5.41) is 0.0315. The number of ether oxygens (including phenoxy) is 3. The highest BCUT2D eigenvalue weighted by molar-refractivity contribution is 6.10. The summed E-state index contributed by atoms with van der Waals surface area (Å²) in [5.74, 6) is -0.763. The van der Waals surface area contributed by atoms with E-state index in [-0.39, 0.29) is 28.9 Å². The number of nitrogens with zero attached hydrogens (tertiary/aromatic N) is 1. The Hall–Kier alpha value is -4.66. The molecule has 1 aromatic heterocycles. The second kappa shape index (κ2) is 11.2. The van der Waals surface area contributed by atoms with E-state index < -0.39 is 29.2 Å².